The number of anilines is 1. The van der Waals surface area contributed by atoms with E-state index in [9.17, 15) is 4.39 Å². The normalized spacial score (nSPS) is 12.1. The van der Waals surface area contributed by atoms with Gasteiger partial charge in [-0.05, 0) is 29.8 Å². The molecule has 0 aliphatic heterocycles. The van der Waals surface area contributed by atoms with Crippen LogP contribution in [0.15, 0.2) is 53.5 Å². The number of hydrogen-bond acceptors (Lipinski definition) is 2. The predicted octanol–water partition coefficient (Wildman–Crippen LogP) is 3.54. The predicted molar refractivity (Wildman–Crippen MR) is 92.5 cm³/mol. The van der Waals surface area contributed by atoms with Crippen LogP contribution in [0.5, 0.6) is 5.75 Å². The van der Waals surface area contributed by atoms with Gasteiger partial charge < -0.3 is 15.8 Å². The molecule has 0 spiro atoms. The zero-order chi connectivity index (χ0) is 16.9. The Morgan fingerprint density at radius 3 is 2.48 bits per heavy atom. The van der Waals surface area contributed by atoms with Crippen LogP contribution in [0.4, 0.5) is 10.1 Å². The van der Waals surface area contributed by atoms with Gasteiger partial charge >= 0.3 is 0 Å². The van der Waals surface area contributed by atoms with Gasteiger partial charge in [-0.2, -0.15) is 0 Å². The Bertz CT molecular complexity index is 681. The quantitative estimate of drug-likeness (QED) is 0.655. The molecule has 0 aliphatic carbocycles. The largest absolute Gasteiger partial charge is 0.495 e. The molecule has 0 atom stereocenters. The molecular formula is C18H22FN3O. The summed E-state index contributed by atoms with van der Waals surface area (Å²) in [5.74, 6) is 0.763. The van der Waals surface area contributed by atoms with Crippen molar-refractivity contribution >= 4 is 11.6 Å². The van der Waals surface area contributed by atoms with Crippen LogP contribution in [0.25, 0.3) is 0 Å². The Kier molecular flexibility index (Phi) is 5.21. The molecule has 0 aliphatic rings. The highest BCUT2D eigenvalue weighted by atomic mass is 19.1. The van der Waals surface area contributed by atoms with Crippen LogP contribution in [0.2, 0.25) is 0 Å². The number of halogens is 1. The number of rotatable bonds is 5. The van der Waals surface area contributed by atoms with Gasteiger partial charge in [0.25, 0.3) is 0 Å². The molecule has 2 aromatic carbocycles. The van der Waals surface area contributed by atoms with E-state index in [1.807, 2.05) is 38.1 Å². The average Bonchev–Trinajstić information content (AvgIpc) is 2.54. The first-order valence-corrected chi connectivity index (χ1v) is 7.38. The molecule has 122 valence electrons. The second-order valence-electron chi connectivity index (χ2n) is 5.92. The SMILES string of the molecule is COc1ccccc1NC(N)=NCC(C)(C)c1ccc(F)cc1. The maximum absolute atomic E-state index is 13.0. The summed E-state index contributed by atoms with van der Waals surface area (Å²) in [6.07, 6.45) is 0. The summed E-state index contributed by atoms with van der Waals surface area (Å²) in [6.45, 7) is 4.56. The maximum atomic E-state index is 13.0. The molecule has 0 saturated heterocycles. The highest BCUT2D eigenvalue weighted by Crippen LogP contribution is 2.25. The summed E-state index contributed by atoms with van der Waals surface area (Å²) in [4.78, 5) is 4.40. The number of guanidine groups is 1. The van der Waals surface area contributed by atoms with Crippen molar-refractivity contribution in [2.24, 2.45) is 10.7 Å². The Balaban J connectivity index is 2.07. The van der Waals surface area contributed by atoms with E-state index in [0.717, 1.165) is 11.3 Å². The molecule has 4 nitrogen and oxygen atoms in total. The van der Waals surface area contributed by atoms with E-state index in [-0.39, 0.29) is 11.2 Å². The number of nitrogens with two attached hydrogens (primary N) is 1. The van der Waals surface area contributed by atoms with Crippen LogP contribution in [-0.4, -0.2) is 19.6 Å². The lowest BCUT2D eigenvalue weighted by Gasteiger charge is -2.23. The summed E-state index contributed by atoms with van der Waals surface area (Å²) in [6, 6.07) is 13.9. The molecule has 23 heavy (non-hydrogen) atoms. The van der Waals surface area contributed by atoms with E-state index in [0.29, 0.717) is 18.3 Å². The van der Waals surface area contributed by atoms with Crippen LogP contribution in [0.1, 0.15) is 19.4 Å². The van der Waals surface area contributed by atoms with Crippen LogP contribution >= 0.6 is 0 Å². The van der Waals surface area contributed by atoms with Crippen LogP contribution in [0, 0.1) is 5.82 Å². The molecular weight excluding hydrogens is 293 g/mol. The number of nitrogens with one attached hydrogen (secondary N) is 1. The Morgan fingerprint density at radius 2 is 1.83 bits per heavy atom. The van der Waals surface area contributed by atoms with Crippen molar-refractivity contribution < 1.29 is 9.13 Å². The van der Waals surface area contributed by atoms with E-state index < -0.39 is 0 Å². The van der Waals surface area contributed by atoms with Crippen molar-refractivity contribution in [2.45, 2.75) is 19.3 Å². The molecule has 3 N–H and O–H groups in total. The molecule has 2 rings (SSSR count). The maximum Gasteiger partial charge on any atom is 0.193 e. The van der Waals surface area contributed by atoms with Gasteiger partial charge in [-0.1, -0.05) is 38.1 Å². The number of aliphatic imine (C=N–C) groups is 1. The standard InChI is InChI=1S/C18H22FN3O/c1-18(2,13-8-10-14(19)11-9-13)12-21-17(20)22-15-6-4-5-7-16(15)23-3/h4-11H,12H2,1-3H3,(H3,20,21,22). The van der Waals surface area contributed by atoms with E-state index in [1.165, 1.54) is 12.1 Å². The second kappa shape index (κ2) is 7.13. The molecule has 0 saturated carbocycles. The third kappa shape index (κ3) is 4.45. The first-order valence-electron chi connectivity index (χ1n) is 7.38. The third-order valence-corrected chi connectivity index (χ3v) is 3.64. The minimum absolute atomic E-state index is 0.245. The van der Waals surface area contributed by atoms with E-state index in [1.54, 1.807) is 19.2 Å². The smallest absolute Gasteiger partial charge is 0.193 e. The first kappa shape index (κ1) is 16.8. The Hall–Kier alpha value is -2.56. The van der Waals surface area contributed by atoms with Gasteiger partial charge in [0.2, 0.25) is 0 Å². The molecule has 0 bridgehead atoms. The number of benzene rings is 2. The lowest BCUT2D eigenvalue weighted by molar-refractivity contribution is 0.417. The van der Waals surface area contributed by atoms with Gasteiger partial charge in [0.05, 0.1) is 19.3 Å². The van der Waals surface area contributed by atoms with Crippen molar-refractivity contribution in [1.82, 2.24) is 0 Å². The van der Waals surface area contributed by atoms with Crippen molar-refractivity contribution in [2.75, 3.05) is 19.0 Å². The van der Waals surface area contributed by atoms with Crippen LogP contribution in [0.3, 0.4) is 0 Å². The zero-order valence-electron chi connectivity index (χ0n) is 13.6. The summed E-state index contributed by atoms with van der Waals surface area (Å²) >= 11 is 0. The molecule has 0 heterocycles. The molecule has 0 amide bonds. The molecule has 2 aromatic rings. The summed E-state index contributed by atoms with van der Waals surface area (Å²) in [7, 11) is 1.60. The molecule has 0 fully saturated rings. The Morgan fingerprint density at radius 1 is 1.17 bits per heavy atom. The van der Waals surface area contributed by atoms with Crippen molar-refractivity contribution in [3.8, 4) is 5.75 Å². The van der Waals surface area contributed by atoms with Gasteiger partial charge in [-0.3, -0.25) is 4.99 Å². The highest BCUT2D eigenvalue weighted by Gasteiger charge is 2.20. The minimum atomic E-state index is -0.249. The fourth-order valence-corrected chi connectivity index (χ4v) is 2.20. The number of methoxy groups -OCH3 is 1. The summed E-state index contributed by atoms with van der Waals surface area (Å²) in [5.41, 5.74) is 7.48. The van der Waals surface area contributed by atoms with Gasteiger partial charge in [-0.25, -0.2) is 4.39 Å². The van der Waals surface area contributed by atoms with Crippen molar-refractivity contribution in [3.05, 3.63) is 59.9 Å². The number of para-hydroxylation sites is 2. The minimum Gasteiger partial charge on any atom is -0.495 e. The molecule has 0 radical (unpaired) electrons. The Labute approximate surface area is 136 Å². The molecule has 5 heteroatoms. The highest BCUT2D eigenvalue weighted by molar-refractivity contribution is 5.93. The average molecular weight is 315 g/mol. The lowest BCUT2D eigenvalue weighted by Crippen LogP contribution is -2.28. The van der Waals surface area contributed by atoms with Crippen molar-refractivity contribution in [3.63, 3.8) is 0 Å². The molecule has 0 aromatic heterocycles. The van der Waals surface area contributed by atoms with Crippen LogP contribution in [-0.2, 0) is 5.41 Å². The van der Waals surface area contributed by atoms with Crippen molar-refractivity contribution in [1.29, 1.82) is 0 Å². The lowest BCUT2D eigenvalue weighted by atomic mass is 9.85. The fraction of sp³-hybridized carbons (Fsp3) is 0.278. The zero-order valence-corrected chi connectivity index (χ0v) is 13.6. The second-order valence-corrected chi connectivity index (χ2v) is 5.92. The van der Waals surface area contributed by atoms with E-state index in [4.69, 9.17) is 10.5 Å². The van der Waals surface area contributed by atoms with Gasteiger partial charge in [0.1, 0.15) is 11.6 Å². The monoisotopic (exact) mass is 315 g/mol. The number of nitrogens with zero attached hydrogens (tertiary/aromatic N) is 1. The number of hydrogen-bond donors (Lipinski definition) is 2. The molecule has 0 unspecified atom stereocenters. The first-order chi connectivity index (χ1) is 10.9. The van der Waals surface area contributed by atoms with E-state index in [2.05, 4.69) is 10.3 Å². The summed E-state index contributed by atoms with van der Waals surface area (Å²) in [5, 5.41) is 3.04. The topological polar surface area (TPSA) is 59.6 Å². The number of ether oxygens (including phenoxy) is 1. The third-order valence-electron chi connectivity index (χ3n) is 3.64. The summed E-state index contributed by atoms with van der Waals surface area (Å²) < 4.78 is 18.3. The van der Waals surface area contributed by atoms with Crippen LogP contribution < -0.4 is 15.8 Å². The van der Waals surface area contributed by atoms with E-state index >= 15 is 0 Å². The van der Waals surface area contributed by atoms with Gasteiger partial charge in [0.15, 0.2) is 5.96 Å². The van der Waals surface area contributed by atoms with Gasteiger partial charge in [0, 0.05) is 5.41 Å². The fourth-order valence-electron chi connectivity index (χ4n) is 2.20. The van der Waals surface area contributed by atoms with Gasteiger partial charge in [-0.15, -0.1) is 0 Å².